The van der Waals surface area contributed by atoms with E-state index in [-0.39, 0.29) is 18.7 Å². The topological polar surface area (TPSA) is 61.4 Å². The predicted molar refractivity (Wildman–Crippen MR) is 73.5 cm³/mol. The molecule has 106 valence electrons. The Morgan fingerprint density at radius 1 is 1.39 bits per heavy atom. The van der Waals surface area contributed by atoms with Crippen molar-refractivity contribution in [1.82, 2.24) is 10.6 Å². The van der Waals surface area contributed by atoms with E-state index in [2.05, 4.69) is 17.6 Å². The lowest BCUT2D eigenvalue weighted by Crippen LogP contribution is -2.44. The summed E-state index contributed by atoms with van der Waals surface area (Å²) >= 11 is 0. The van der Waals surface area contributed by atoms with Crippen LogP contribution in [0.4, 0.5) is 4.79 Å². The number of aliphatic hydroxyl groups excluding tert-OH is 1. The molecule has 4 nitrogen and oxygen atoms in total. The molecule has 1 rings (SSSR count). The zero-order valence-corrected chi connectivity index (χ0v) is 11.8. The third-order valence-corrected chi connectivity index (χ3v) is 4.21. The van der Waals surface area contributed by atoms with Gasteiger partial charge in [-0.3, -0.25) is 0 Å². The van der Waals surface area contributed by atoms with Crippen molar-refractivity contribution in [2.75, 3.05) is 13.2 Å². The molecule has 1 aliphatic rings. The predicted octanol–water partition coefficient (Wildman–Crippen LogP) is 2.42. The van der Waals surface area contributed by atoms with Crippen molar-refractivity contribution in [2.45, 2.75) is 64.8 Å². The normalized spacial score (nSPS) is 19.5. The second kappa shape index (κ2) is 7.62. The molecule has 4 heteroatoms. The van der Waals surface area contributed by atoms with E-state index in [1.54, 1.807) is 0 Å². The van der Waals surface area contributed by atoms with Crippen molar-refractivity contribution >= 4 is 6.03 Å². The zero-order chi connectivity index (χ0) is 13.4. The van der Waals surface area contributed by atoms with Crippen LogP contribution in [0.25, 0.3) is 0 Å². The highest BCUT2D eigenvalue weighted by atomic mass is 16.3. The van der Waals surface area contributed by atoms with Crippen LogP contribution in [0.3, 0.4) is 0 Å². The van der Waals surface area contributed by atoms with Crippen LogP contribution in [0.2, 0.25) is 0 Å². The summed E-state index contributed by atoms with van der Waals surface area (Å²) in [6, 6.07) is 0.0541. The van der Waals surface area contributed by atoms with Crippen molar-refractivity contribution in [3.05, 3.63) is 0 Å². The second-order valence-electron chi connectivity index (χ2n) is 5.65. The highest BCUT2D eigenvalue weighted by molar-refractivity contribution is 5.74. The summed E-state index contributed by atoms with van der Waals surface area (Å²) in [4.78, 5) is 11.7. The van der Waals surface area contributed by atoms with Gasteiger partial charge in [-0.2, -0.15) is 0 Å². The number of hydrogen-bond acceptors (Lipinski definition) is 2. The van der Waals surface area contributed by atoms with Gasteiger partial charge in [-0.1, -0.05) is 19.8 Å². The molecule has 1 atom stereocenters. The van der Waals surface area contributed by atoms with E-state index in [1.807, 2.05) is 6.92 Å². The minimum atomic E-state index is -0.0693. The van der Waals surface area contributed by atoms with Crippen molar-refractivity contribution in [3.63, 3.8) is 0 Å². The second-order valence-corrected chi connectivity index (χ2v) is 5.65. The number of rotatable bonds is 7. The van der Waals surface area contributed by atoms with Gasteiger partial charge in [0.05, 0.1) is 0 Å². The summed E-state index contributed by atoms with van der Waals surface area (Å²) in [5, 5.41) is 14.7. The van der Waals surface area contributed by atoms with Crippen molar-refractivity contribution in [1.29, 1.82) is 0 Å². The van der Waals surface area contributed by atoms with E-state index in [4.69, 9.17) is 5.11 Å². The van der Waals surface area contributed by atoms with E-state index < -0.39 is 0 Å². The molecule has 18 heavy (non-hydrogen) atoms. The molecule has 1 unspecified atom stereocenters. The molecule has 0 aromatic heterocycles. The van der Waals surface area contributed by atoms with Crippen LogP contribution in [0.1, 0.15) is 58.8 Å². The molecule has 0 aromatic carbocycles. The Labute approximate surface area is 111 Å². The Kier molecular flexibility index (Phi) is 6.47. The van der Waals surface area contributed by atoms with Gasteiger partial charge in [-0.25, -0.2) is 4.79 Å². The van der Waals surface area contributed by atoms with Crippen LogP contribution in [-0.2, 0) is 0 Å². The van der Waals surface area contributed by atoms with Gasteiger partial charge in [-0.15, -0.1) is 0 Å². The summed E-state index contributed by atoms with van der Waals surface area (Å²) < 4.78 is 0. The first-order chi connectivity index (χ1) is 8.62. The highest BCUT2D eigenvalue weighted by Gasteiger charge is 2.32. The molecule has 1 fully saturated rings. The summed E-state index contributed by atoms with van der Waals surface area (Å²) in [5.74, 6) is 0. The lowest BCUT2D eigenvalue weighted by molar-refractivity contribution is 0.220. The molecule has 3 N–H and O–H groups in total. The lowest BCUT2D eigenvalue weighted by Gasteiger charge is -2.28. The fraction of sp³-hybridized carbons (Fsp3) is 0.929. The summed E-state index contributed by atoms with van der Waals surface area (Å²) in [6.07, 6.45) is 7.78. The molecular weight excluding hydrogens is 228 g/mol. The number of carbonyl (C=O) groups excluding carboxylic acids is 1. The molecule has 0 spiro atoms. The maximum atomic E-state index is 11.7. The monoisotopic (exact) mass is 256 g/mol. The average Bonchev–Trinajstić information content (AvgIpc) is 2.83. The molecular formula is C14H28N2O2. The largest absolute Gasteiger partial charge is 0.396 e. The number of nitrogens with one attached hydrogen (secondary N) is 2. The summed E-state index contributed by atoms with van der Waals surface area (Å²) in [5.41, 5.74) is 0.339. The molecule has 0 heterocycles. The fourth-order valence-electron chi connectivity index (χ4n) is 2.79. The maximum Gasteiger partial charge on any atom is 0.315 e. The number of aliphatic hydroxyl groups is 1. The van der Waals surface area contributed by atoms with Gasteiger partial charge < -0.3 is 15.7 Å². The van der Waals surface area contributed by atoms with E-state index >= 15 is 0 Å². The third-order valence-electron chi connectivity index (χ3n) is 4.21. The van der Waals surface area contributed by atoms with E-state index in [0.29, 0.717) is 5.41 Å². The van der Waals surface area contributed by atoms with Crippen LogP contribution < -0.4 is 10.6 Å². The quantitative estimate of drug-likeness (QED) is 0.655. The molecule has 0 bridgehead atoms. The highest BCUT2D eigenvalue weighted by Crippen LogP contribution is 2.40. The Morgan fingerprint density at radius 2 is 2.06 bits per heavy atom. The van der Waals surface area contributed by atoms with Crippen LogP contribution in [0.15, 0.2) is 0 Å². The van der Waals surface area contributed by atoms with Gasteiger partial charge in [0.2, 0.25) is 0 Å². The molecule has 1 aliphatic carbocycles. The molecule has 0 aromatic rings. The molecule has 2 amide bonds. The van der Waals surface area contributed by atoms with Crippen LogP contribution in [0.5, 0.6) is 0 Å². The van der Waals surface area contributed by atoms with Crippen molar-refractivity contribution in [2.24, 2.45) is 5.41 Å². The van der Waals surface area contributed by atoms with Gasteiger partial charge in [0.1, 0.15) is 0 Å². The minimum absolute atomic E-state index is 0.0693. The van der Waals surface area contributed by atoms with Gasteiger partial charge in [0.15, 0.2) is 0 Å². The summed E-state index contributed by atoms with van der Waals surface area (Å²) in [6.45, 7) is 5.17. The minimum Gasteiger partial charge on any atom is -0.396 e. The van der Waals surface area contributed by atoms with E-state index in [1.165, 1.54) is 25.7 Å². The SMILES string of the molecule is CCC1(CNC(=O)NC(C)CCCO)CCCC1. The molecule has 0 aliphatic heterocycles. The third kappa shape index (κ3) is 4.84. The van der Waals surface area contributed by atoms with Gasteiger partial charge >= 0.3 is 6.03 Å². The number of urea groups is 1. The Morgan fingerprint density at radius 3 is 2.61 bits per heavy atom. The first-order valence-electron chi connectivity index (χ1n) is 7.27. The van der Waals surface area contributed by atoms with Crippen LogP contribution in [-0.4, -0.2) is 30.3 Å². The standard InChI is InChI=1S/C14H28N2O2/c1-3-14(8-4-5-9-14)11-15-13(18)16-12(2)7-6-10-17/h12,17H,3-11H2,1-2H3,(H2,15,16,18). The molecule has 0 saturated heterocycles. The number of hydrogen-bond donors (Lipinski definition) is 3. The number of carbonyl (C=O) groups is 1. The van der Waals surface area contributed by atoms with Gasteiger partial charge in [0.25, 0.3) is 0 Å². The lowest BCUT2D eigenvalue weighted by atomic mass is 9.83. The Hall–Kier alpha value is -0.770. The Balaban J connectivity index is 2.23. The Bertz CT molecular complexity index is 250. The van der Waals surface area contributed by atoms with Crippen LogP contribution in [0, 0.1) is 5.41 Å². The van der Waals surface area contributed by atoms with Crippen molar-refractivity contribution < 1.29 is 9.90 Å². The molecule has 1 saturated carbocycles. The van der Waals surface area contributed by atoms with Gasteiger partial charge in [0, 0.05) is 19.2 Å². The smallest absolute Gasteiger partial charge is 0.315 e. The maximum absolute atomic E-state index is 11.7. The van der Waals surface area contributed by atoms with E-state index in [9.17, 15) is 4.79 Å². The molecule has 0 radical (unpaired) electrons. The average molecular weight is 256 g/mol. The number of amides is 2. The fourth-order valence-corrected chi connectivity index (χ4v) is 2.79. The van der Waals surface area contributed by atoms with Crippen molar-refractivity contribution in [3.8, 4) is 0 Å². The van der Waals surface area contributed by atoms with E-state index in [0.717, 1.165) is 25.8 Å². The zero-order valence-electron chi connectivity index (χ0n) is 11.8. The van der Waals surface area contributed by atoms with Gasteiger partial charge in [-0.05, 0) is 44.4 Å². The summed E-state index contributed by atoms with van der Waals surface area (Å²) in [7, 11) is 0. The first kappa shape index (κ1) is 15.3. The van der Waals surface area contributed by atoms with Crippen LogP contribution >= 0.6 is 0 Å². The first-order valence-corrected chi connectivity index (χ1v) is 7.27.